The number of amides is 1. The number of carbonyl (C=O) groups is 1. The maximum Gasteiger partial charge on any atom is 0.277 e. The van der Waals surface area contributed by atoms with Crippen molar-refractivity contribution in [3.63, 3.8) is 0 Å². The molecule has 0 spiro atoms. The molecular weight excluding hydrogens is 399 g/mol. The number of ether oxygens (including phenoxy) is 1. The Kier molecular flexibility index (Phi) is 5.98. The highest BCUT2D eigenvalue weighted by Crippen LogP contribution is 2.21. The summed E-state index contributed by atoms with van der Waals surface area (Å²) in [6.07, 6.45) is 0.110. The molecule has 0 saturated heterocycles. The van der Waals surface area contributed by atoms with Crippen molar-refractivity contribution in [2.24, 2.45) is 0 Å². The zero-order valence-electron chi connectivity index (χ0n) is 16.5. The minimum absolute atomic E-state index is 0.110. The molecule has 0 unspecified atom stereocenters. The Morgan fingerprint density at radius 2 is 1.65 bits per heavy atom. The monoisotopic (exact) mass is 418 g/mol. The number of hydrogen-bond donors (Lipinski definition) is 1. The second-order valence-electron chi connectivity index (χ2n) is 6.86. The Hall–Kier alpha value is -4.07. The van der Waals surface area contributed by atoms with Gasteiger partial charge in [-0.15, -0.1) is 5.10 Å². The van der Waals surface area contributed by atoms with Gasteiger partial charge < -0.3 is 10.1 Å². The van der Waals surface area contributed by atoms with Crippen LogP contribution in [0.5, 0.6) is 11.5 Å². The summed E-state index contributed by atoms with van der Waals surface area (Å²) in [7, 11) is 0. The van der Waals surface area contributed by atoms with Gasteiger partial charge in [0, 0.05) is 13.0 Å². The molecule has 0 radical (unpaired) electrons. The number of fused-ring (bicyclic) bond motifs is 1. The maximum atomic E-state index is 12.9. The predicted octanol–water partition coefficient (Wildman–Crippen LogP) is 3.43. The van der Waals surface area contributed by atoms with Crippen molar-refractivity contribution < 1.29 is 13.9 Å². The van der Waals surface area contributed by atoms with Crippen LogP contribution in [0, 0.1) is 5.82 Å². The second kappa shape index (κ2) is 9.17. The lowest BCUT2D eigenvalue weighted by Gasteiger charge is -2.08. The first-order chi connectivity index (χ1) is 15.1. The van der Waals surface area contributed by atoms with Gasteiger partial charge in [-0.1, -0.05) is 29.5 Å². The molecule has 4 aromatic rings. The van der Waals surface area contributed by atoms with E-state index in [1.807, 2.05) is 12.1 Å². The molecular formula is C23H19FN4O3. The van der Waals surface area contributed by atoms with E-state index in [-0.39, 0.29) is 30.2 Å². The van der Waals surface area contributed by atoms with E-state index < -0.39 is 0 Å². The fraction of sp³-hybridized carbons (Fsp3) is 0.130. The predicted molar refractivity (Wildman–Crippen MR) is 113 cm³/mol. The zero-order chi connectivity index (χ0) is 21.6. The molecule has 0 aliphatic heterocycles. The lowest BCUT2D eigenvalue weighted by atomic mass is 10.2. The van der Waals surface area contributed by atoms with Crippen LogP contribution in [0.4, 0.5) is 4.39 Å². The van der Waals surface area contributed by atoms with Crippen LogP contribution in [-0.4, -0.2) is 20.9 Å². The van der Waals surface area contributed by atoms with E-state index in [1.165, 1.54) is 16.8 Å². The molecule has 1 N–H and O–H groups in total. The average Bonchev–Trinajstić information content (AvgIpc) is 2.80. The minimum atomic E-state index is -0.323. The van der Waals surface area contributed by atoms with Crippen LogP contribution in [0.25, 0.3) is 10.9 Å². The summed E-state index contributed by atoms with van der Waals surface area (Å²) in [5.41, 5.74) is 1.15. The van der Waals surface area contributed by atoms with Gasteiger partial charge in [0.1, 0.15) is 22.8 Å². The smallest absolute Gasteiger partial charge is 0.277 e. The van der Waals surface area contributed by atoms with Crippen LogP contribution in [0.2, 0.25) is 0 Å². The van der Waals surface area contributed by atoms with Gasteiger partial charge in [-0.05, 0) is 54.1 Å². The van der Waals surface area contributed by atoms with Crippen molar-refractivity contribution in [2.75, 3.05) is 0 Å². The Labute approximate surface area is 177 Å². The van der Waals surface area contributed by atoms with E-state index in [1.54, 1.807) is 48.5 Å². The summed E-state index contributed by atoms with van der Waals surface area (Å²) in [5, 5.41) is 11.2. The van der Waals surface area contributed by atoms with E-state index in [9.17, 15) is 14.0 Å². The van der Waals surface area contributed by atoms with Crippen molar-refractivity contribution in [3.05, 3.63) is 94.5 Å². The Balaban J connectivity index is 1.28. The summed E-state index contributed by atoms with van der Waals surface area (Å²) < 4.78 is 19.8. The van der Waals surface area contributed by atoms with Gasteiger partial charge in [-0.25, -0.2) is 9.07 Å². The molecule has 0 aliphatic rings. The maximum absolute atomic E-state index is 12.9. The summed E-state index contributed by atoms with van der Waals surface area (Å²) in [6.45, 7) is 0.487. The lowest BCUT2D eigenvalue weighted by molar-refractivity contribution is -0.121. The molecule has 1 aromatic heterocycles. The quantitative estimate of drug-likeness (QED) is 0.497. The van der Waals surface area contributed by atoms with Gasteiger partial charge in [0.05, 0.1) is 11.9 Å². The van der Waals surface area contributed by atoms with Crippen molar-refractivity contribution in [1.82, 2.24) is 20.3 Å². The first-order valence-corrected chi connectivity index (χ1v) is 9.70. The zero-order valence-corrected chi connectivity index (χ0v) is 16.5. The van der Waals surface area contributed by atoms with E-state index in [2.05, 4.69) is 15.6 Å². The van der Waals surface area contributed by atoms with Gasteiger partial charge in [0.25, 0.3) is 5.56 Å². The molecule has 8 heteroatoms. The Morgan fingerprint density at radius 1 is 0.968 bits per heavy atom. The van der Waals surface area contributed by atoms with Crippen LogP contribution in [0.3, 0.4) is 0 Å². The molecule has 0 saturated carbocycles. The number of nitrogens with zero attached hydrogens (tertiary/aromatic N) is 3. The lowest BCUT2D eigenvalue weighted by Crippen LogP contribution is -2.29. The standard InChI is InChI=1S/C23H19FN4O3/c24-17-7-11-19(12-8-17)31-18-9-5-16(6-10-18)15-25-22(29)13-14-28-23(30)20-3-1-2-4-21(20)26-27-28/h1-12H,13-15H2,(H,25,29). The Bertz CT molecular complexity index is 1250. The first-order valence-electron chi connectivity index (χ1n) is 9.70. The highest BCUT2D eigenvalue weighted by molar-refractivity contribution is 5.77. The SMILES string of the molecule is O=C(CCn1nnc2ccccc2c1=O)NCc1ccc(Oc2ccc(F)cc2)cc1. The van der Waals surface area contributed by atoms with Crippen LogP contribution >= 0.6 is 0 Å². The summed E-state index contributed by atoms with van der Waals surface area (Å²) in [5.74, 6) is 0.620. The highest BCUT2D eigenvalue weighted by Gasteiger charge is 2.08. The molecule has 0 fully saturated rings. The molecule has 7 nitrogen and oxygen atoms in total. The third kappa shape index (κ3) is 5.11. The minimum Gasteiger partial charge on any atom is -0.457 e. The molecule has 0 bridgehead atoms. The third-order valence-corrected chi connectivity index (χ3v) is 4.64. The molecule has 1 heterocycles. The summed E-state index contributed by atoms with van der Waals surface area (Å²) in [6, 6.07) is 19.9. The van der Waals surface area contributed by atoms with E-state index >= 15 is 0 Å². The van der Waals surface area contributed by atoms with Crippen molar-refractivity contribution in [3.8, 4) is 11.5 Å². The van der Waals surface area contributed by atoms with Crippen LogP contribution < -0.4 is 15.6 Å². The van der Waals surface area contributed by atoms with Gasteiger partial charge in [0.2, 0.25) is 5.91 Å². The Morgan fingerprint density at radius 3 is 2.39 bits per heavy atom. The van der Waals surface area contributed by atoms with Gasteiger partial charge in [-0.2, -0.15) is 0 Å². The number of halogens is 1. The van der Waals surface area contributed by atoms with Crippen molar-refractivity contribution in [2.45, 2.75) is 19.5 Å². The summed E-state index contributed by atoms with van der Waals surface area (Å²) >= 11 is 0. The number of nitrogens with one attached hydrogen (secondary N) is 1. The number of carbonyl (C=O) groups excluding carboxylic acids is 1. The van der Waals surface area contributed by atoms with Gasteiger partial charge in [-0.3, -0.25) is 9.59 Å². The molecule has 4 rings (SSSR count). The van der Waals surface area contributed by atoms with E-state index in [0.717, 1.165) is 5.56 Å². The fourth-order valence-electron chi connectivity index (χ4n) is 2.98. The van der Waals surface area contributed by atoms with Gasteiger partial charge in [0.15, 0.2) is 0 Å². The van der Waals surface area contributed by atoms with Crippen LogP contribution in [-0.2, 0) is 17.9 Å². The van der Waals surface area contributed by atoms with E-state index in [4.69, 9.17) is 4.74 Å². The van der Waals surface area contributed by atoms with Gasteiger partial charge >= 0.3 is 0 Å². The number of aryl methyl sites for hydroxylation is 1. The molecule has 156 valence electrons. The largest absolute Gasteiger partial charge is 0.457 e. The number of rotatable bonds is 7. The average molecular weight is 418 g/mol. The summed E-state index contributed by atoms with van der Waals surface area (Å²) in [4.78, 5) is 24.6. The first kappa shape index (κ1) is 20.2. The molecule has 3 aromatic carbocycles. The fourth-order valence-corrected chi connectivity index (χ4v) is 2.98. The third-order valence-electron chi connectivity index (χ3n) is 4.64. The normalized spacial score (nSPS) is 10.7. The van der Waals surface area contributed by atoms with Crippen molar-refractivity contribution >= 4 is 16.8 Å². The van der Waals surface area contributed by atoms with Crippen LogP contribution in [0.15, 0.2) is 77.6 Å². The highest BCUT2D eigenvalue weighted by atomic mass is 19.1. The van der Waals surface area contributed by atoms with Crippen molar-refractivity contribution in [1.29, 1.82) is 0 Å². The topological polar surface area (TPSA) is 86.1 Å². The molecule has 0 atom stereocenters. The van der Waals surface area contributed by atoms with E-state index in [0.29, 0.717) is 28.9 Å². The van der Waals surface area contributed by atoms with Crippen LogP contribution in [0.1, 0.15) is 12.0 Å². The molecule has 1 amide bonds. The molecule has 31 heavy (non-hydrogen) atoms. The number of aromatic nitrogens is 3. The second-order valence-corrected chi connectivity index (χ2v) is 6.86. The molecule has 0 aliphatic carbocycles. The number of benzene rings is 3. The number of hydrogen-bond acceptors (Lipinski definition) is 5.